The van der Waals surface area contributed by atoms with E-state index in [0.717, 1.165) is 35.2 Å². The van der Waals surface area contributed by atoms with Crippen LogP contribution in [0.2, 0.25) is 0 Å². The smallest absolute Gasteiger partial charge is 0.254 e. The Kier molecular flexibility index (Phi) is 4.91. The monoisotopic (exact) mass is 422 g/mol. The predicted octanol–water partition coefficient (Wildman–Crippen LogP) is 4.15. The molecule has 7 nitrogen and oxygen atoms in total. The molecule has 1 fully saturated rings. The lowest BCUT2D eigenvalue weighted by Gasteiger charge is -2.18. The van der Waals surface area contributed by atoms with Gasteiger partial charge in [0.25, 0.3) is 5.91 Å². The van der Waals surface area contributed by atoms with Crippen molar-refractivity contribution >= 4 is 16.9 Å². The van der Waals surface area contributed by atoms with Gasteiger partial charge in [-0.05, 0) is 55.7 Å². The summed E-state index contributed by atoms with van der Waals surface area (Å²) in [6, 6.07) is 17.0. The molecule has 4 aromatic rings. The zero-order chi connectivity index (χ0) is 22.2. The van der Waals surface area contributed by atoms with E-state index < -0.39 is 0 Å². The van der Waals surface area contributed by atoms with Crippen LogP contribution < -0.4 is 0 Å². The highest BCUT2D eigenvalue weighted by atomic mass is 16.2. The van der Waals surface area contributed by atoms with E-state index in [1.807, 2.05) is 43.3 Å². The molecular formula is C25H22N6O. The molecule has 3 heterocycles. The van der Waals surface area contributed by atoms with Crippen molar-refractivity contribution in [1.82, 2.24) is 24.6 Å². The minimum atomic E-state index is -0.0765. The standard InChI is InChI=1S/C25H22N6O/c1-16-23-20(25(32)30(2)15-18-8-6-17(14-26)7-9-18)13-21(19-10-11-19)28-24(23)31(29-16)22-5-3-4-12-27-22/h3-9,12-13,19H,10-11,15H2,1-2H3. The van der Waals surface area contributed by atoms with Crippen LogP contribution >= 0.6 is 0 Å². The molecule has 32 heavy (non-hydrogen) atoms. The Labute approximate surface area is 186 Å². The number of rotatable bonds is 5. The zero-order valence-electron chi connectivity index (χ0n) is 18.0. The van der Waals surface area contributed by atoms with Gasteiger partial charge in [0.2, 0.25) is 0 Å². The summed E-state index contributed by atoms with van der Waals surface area (Å²) in [5.74, 6) is 0.991. The van der Waals surface area contributed by atoms with Gasteiger partial charge in [-0.25, -0.2) is 9.97 Å². The van der Waals surface area contributed by atoms with Crippen LogP contribution in [0.5, 0.6) is 0 Å². The minimum Gasteiger partial charge on any atom is -0.337 e. The van der Waals surface area contributed by atoms with Crippen molar-refractivity contribution < 1.29 is 4.79 Å². The van der Waals surface area contributed by atoms with E-state index in [4.69, 9.17) is 10.2 Å². The third-order valence-corrected chi connectivity index (χ3v) is 5.77. The highest BCUT2D eigenvalue weighted by molar-refractivity contribution is 6.06. The summed E-state index contributed by atoms with van der Waals surface area (Å²) in [5.41, 5.74) is 4.53. The van der Waals surface area contributed by atoms with Crippen molar-refractivity contribution in [3.05, 3.63) is 82.8 Å². The summed E-state index contributed by atoms with van der Waals surface area (Å²) in [7, 11) is 1.79. The van der Waals surface area contributed by atoms with Crippen LogP contribution in [0.15, 0.2) is 54.7 Å². The van der Waals surface area contributed by atoms with Crippen LogP contribution in [0.4, 0.5) is 0 Å². The lowest BCUT2D eigenvalue weighted by Crippen LogP contribution is -2.26. The number of nitriles is 1. The maximum atomic E-state index is 13.6. The number of aryl methyl sites for hydroxylation is 1. The molecule has 0 N–H and O–H groups in total. The molecule has 0 unspecified atom stereocenters. The topological polar surface area (TPSA) is 87.7 Å². The third-order valence-electron chi connectivity index (χ3n) is 5.77. The van der Waals surface area contributed by atoms with Gasteiger partial charge in [0.1, 0.15) is 0 Å². The number of amides is 1. The lowest BCUT2D eigenvalue weighted by atomic mass is 10.1. The van der Waals surface area contributed by atoms with Crippen LogP contribution in [0.3, 0.4) is 0 Å². The first-order valence-electron chi connectivity index (χ1n) is 10.6. The van der Waals surface area contributed by atoms with Crippen LogP contribution in [0.1, 0.15) is 51.6 Å². The lowest BCUT2D eigenvalue weighted by molar-refractivity contribution is 0.0787. The fourth-order valence-corrected chi connectivity index (χ4v) is 3.94. The molecule has 3 aromatic heterocycles. The largest absolute Gasteiger partial charge is 0.337 e. The molecule has 5 rings (SSSR count). The van der Waals surface area contributed by atoms with E-state index in [1.54, 1.807) is 35.0 Å². The van der Waals surface area contributed by atoms with Crippen LogP contribution in [-0.4, -0.2) is 37.6 Å². The second-order valence-electron chi connectivity index (χ2n) is 8.22. The number of nitrogens with zero attached hydrogens (tertiary/aromatic N) is 6. The van der Waals surface area contributed by atoms with Crippen molar-refractivity contribution in [3.8, 4) is 11.9 Å². The molecule has 7 heteroatoms. The second kappa shape index (κ2) is 7.89. The quantitative estimate of drug-likeness (QED) is 0.482. The summed E-state index contributed by atoms with van der Waals surface area (Å²) in [6.45, 7) is 2.35. The number of hydrogen-bond donors (Lipinski definition) is 0. The van der Waals surface area contributed by atoms with Crippen molar-refractivity contribution in [3.63, 3.8) is 0 Å². The third kappa shape index (κ3) is 3.60. The average Bonchev–Trinajstić information content (AvgIpc) is 3.62. The maximum Gasteiger partial charge on any atom is 0.254 e. The molecule has 1 amide bonds. The van der Waals surface area contributed by atoms with Gasteiger partial charge in [0, 0.05) is 31.4 Å². The first-order chi connectivity index (χ1) is 15.5. The number of carbonyl (C=O) groups is 1. The number of fused-ring (bicyclic) bond motifs is 1. The molecule has 158 valence electrons. The highest BCUT2D eigenvalue weighted by Gasteiger charge is 2.29. The van der Waals surface area contributed by atoms with E-state index >= 15 is 0 Å². The molecule has 0 bridgehead atoms. The fraction of sp³-hybridized carbons (Fsp3) is 0.240. The van der Waals surface area contributed by atoms with E-state index in [-0.39, 0.29) is 5.91 Å². The Morgan fingerprint density at radius 1 is 1.22 bits per heavy atom. The fourth-order valence-electron chi connectivity index (χ4n) is 3.94. The normalized spacial score (nSPS) is 13.2. The molecule has 1 saturated carbocycles. The summed E-state index contributed by atoms with van der Waals surface area (Å²) in [6.07, 6.45) is 3.90. The van der Waals surface area contributed by atoms with Crippen LogP contribution in [0, 0.1) is 18.3 Å². The van der Waals surface area contributed by atoms with Gasteiger partial charge in [-0.2, -0.15) is 15.0 Å². The molecule has 0 spiro atoms. The van der Waals surface area contributed by atoms with Gasteiger partial charge in [0.05, 0.1) is 28.3 Å². The maximum absolute atomic E-state index is 13.6. The van der Waals surface area contributed by atoms with Gasteiger partial charge in [-0.1, -0.05) is 18.2 Å². The molecule has 0 aliphatic heterocycles. The van der Waals surface area contributed by atoms with Crippen molar-refractivity contribution in [2.24, 2.45) is 0 Å². The Balaban J connectivity index is 1.57. The van der Waals surface area contributed by atoms with Crippen LogP contribution in [-0.2, 0) is 6.54 Å². The molecule has 1 aliphatic carbocycles. The Morgan fingerprint density at radius 3 is 2.66 bits per heavy atom. The van der Waals surface area contributed by atoms with Crippen molar-refractivity contribution in [2.45, 2.75) is 32.2 Å². The molecule has 1 aliphatic rings. The number of carbonyl (C=O) groups excluding carboxylic acids is 1. The zero-order valence-corrected chi connectivity index (χ0v) is 18.0. The number of pyridine rings is 2. The molecular weight excluding hydrogens is 400 g/mol. The summed E-state index contributed by atoms with van der Waals surface area (Å²) in [5, 5.41) is 14.4. The Bertz CT molecular complexity index is 1350. The Hall–Kier alpha value is -4.05. The summed E-state index contributed by atoms with van der Waals surface area (Å²) in [4.78, 5) is 24.6. The van der Waals surface area contributed by atoms with Gasteiger partial charge in [-0.3, -0.25) is 4.79 Å². The predicted molar refractivity (Wildman–Crippen MR) is 120 cm³/mol. The van der Waals surface area contributed by atoms with Crippen molar-refractivity contribution in [1.29, 1.82) is 5.26 Å². The van der Waals surface area contributed by atoms with E-state index in [0.29, 0.717) is 35.1 Å². The SMILES string of the molecule is Cc1nn(-c2ccccn2)c2nc(C3CC3)cc(C(=O)N(C)Cc3ccc(C#N)cc3)c12. The Morgan fingerprint density at radius 2 is 2.00 bits per heavy atom. The van der Waals surface area contributed by atoms with Gasteiger partial charge >= 0.3 is 0 Å². The number of benzene rings is 1. The molecule has 0 saturated heterocycles. The number of hydrogen-bond acceptors (Lipinski definition) is 5. The molecule has 1 aromatic carbocycles. The van der Waals surface area contributed by atoms with Gasteiger partial charge in [-0.15, -0.1) is 0 Å². The second-order valence-corrected chi connectivity index (χ2v) is 8.22. The van der Waals surface area contributed by atoms with Crippen LogP contribution in [0.25, 0.3) is 16.9 Å². The molecule has 0 radical (unpaired) electrons. The molecule has 0 atom stereocenters. The minimum absolute atomic E-state index is 0.0765. The summed E-state index contributed by atoms with van der Waals surface area (Å²) < 4.78 is 1.73. The summed E-state index contributed by atoms with van der Waals surface area (Å²) >= 11 is 0. The van der Waals surface area contributed by atoms with Gasteiger partial charge in [0.15, 0.2) is 11.5 Å². The van der Waals surface area contributed by atoms with E-state index in [1.165, 1.54) is 0 Å². The number of aromatic nitrogens is 4. The van der Waals surface area contributed by atoms with E-state index in [2.05, 4.69) is 16.2 Å². The first-order valence-corrected chi connectivity index (χ1v) is 10.6. The highest BCUT2D eigenvalue weighted by Crippen LogP contribution is 2.40. The van der Waals surface area contributed by atoms with Crippen molar-refractivity contribution in [2.75, 3.05) is 7.05 Å². The average molecular weight is 422 g/mol. The van der Waals surface area contributed by atoms with E-state index in [9.17, 15) is 4.79 Å². The van der Waals surface area contributed by atoms with Gasteiger partial charge < -0.3 is 4.90 Å². The first kappa shape index (κ1) is 19.9.